The van der Waals surface area contributed by atoms with Crippen molar-refractivity contribution in [2.24, 2.45) is 0 Å². The van der Waals surface area contributed by atoms with Gasteiger partial charge in [0.15, 0.2) is 17.3 Å². The zero-order chi connectivity index (χ0) is 22.7. The van der Waals surface area contributed by atoms with Gasteiger partial charge < -0.3 is 30.3 Å². The van der Waals surface area contributed by atoms with Gasteiger partial charge in [-0.1, -0.05) is 30.7 Å². The normalized spacial score (nSPS) is 11.5. The summed E-state index contributed by atoms with van der Waals surface area (Å²) in [6, 6.07) is 0. The number of aliphatic carboxylic acids is 2. The number of ether oxygens (including phenoxy) is 1. The molecule has 0 bridgehead atoms. The molecular weight excluding hydrogens is 396 g/mol. The molecule has 0 saturated heterocycles. The van der Waals surface area contributed by atoms with Crippen molar-refractivity contribution in [1.82, 2.24) is 0 Å². The highest BCUT2D eigenvalue weighted by atomic mass is 16.5. The third-order valence-corrected chi connectivity index (χ3v) is 4.06. The molecule has 0 fully saturated rings. The van der Waals surface area contributed by atoms with E-state index in [1.165, 1.54) is 31.4 Å². The number of allylic oxidation sites excluding steroid dienone is 5. The molecule has 0 unspecified atom stereocenters. The summed E-state index contributed by atoms with van der Waals surface area (Å²) in [5.74, 6) is -4.96. The van der Waals surface area contributed by atoms with Gasteiger partial charge >= 0.3 is 11.9 Å². The largest absolute Gasteiger partial charge is 0.507 e. The van der Waals surface area contributed by atoms with Crippen LogP contribution in [0.3, 0.4) is 0 Å². The molecule has 0 aromatic heterocycles. The third-order valence-electron chi connectivity index (χ3n) is 4.06. The number of phenols is 3. The van der Waals surface area contributed by atoms with E-state index in [-0.39, 0.29) is 24.2 Å². The number of phenolic OH excluding ortho intramolecular Hbond substituents is 3. The van der Waals surface area contributed by atoms with Crippen molar-refractivity contribution >= 4 is 17.7 Å². The van der Waals surface area contributed by atoms with Gasteiger partial charge in [0.1, 0.15) is 11.3 Å². The number of methoxy groups -OCH3 is 1. The second-order valence-electron chi connectivity index (χ2n) is 6.19. The summed E-state index contributed by atoms with van der Waals surface area (Å²) in [5, 5.41) is 48.1. The molecule has 9 nitrogen and oxygen atoms in total. The molecular formula is C21H24O9. The topological polar surface area (TPSA) is 162 Å². The van der Waals surface area contributed by atoms with Crippen LogP contribution >= 0.6 is 0 Å². The van der Waals surface area contributed by atoms with E-state index in [0.717, 1.165) is 12.2 Å². The lowest BCUT2D eigenvalue weighted by molar-refractivity contribution is -0.137. The second kappa shape index (κ2) is 11.9. The SMILES string of the molecule is COc1c(O)c(CCCCCC(=O)O)c(O)c(C(=O)/C=C/C=C/C=C\C(=O)O)c1O. The van der Waals surface area contributed by atoms with E-state index < -0.39 is 40.5 Å². The average Bonchev–Trinajstić information content (AvgIpc) is 2.66. The summed E-state index contributed by atoms with van der Waals surface area (Å²) in [6.45, 7) is 0. The number of ketones is 1. The van der Waals surface area contributed by atoms with Crippen molar-refractivity contribution in [3.05, 3.63) is 47.6 Å². The Kier molecular flexibility index (Phi) is 9.67. The van der Waals surface area contributed by atoms with Crippen LogP contribution in [0.2, 0.25) is 0 Å². The molecule has 0 atom stereocenters. The molecule has 1 aromatic rings. The van der Waals surface area contributed by atoms with Crippen molar-refractivity contribution in [3.8, 4) is 23.0 Å². The fourth-order valence-electron chi connectivity index (χ4n) is 2.65. The lowest BCUT2D eigenvalue weighted by Crippen LogP contribution is -2.02. The highest BCUT2D eigenvalue weighted by Crippen LogP contribution is 2.48. The number of carbonyl (C=O) groups excluding carboxylic acids is 1. The molecule has 0 spiro atoms. The fourth-order valence-corrected chi connectivity index (χ4v) is 2.65. The summed E-state index contributed by atoms with van der Waals surface area (Å²) in [5.41, 5.74) is -0.437. The molecule has 5 N–H and O–H groups in total. The number of rotatable bonds is 12. The maximum atomic E-state index is 12.5. The molecule has 1 aromatic carbocycles. The van der Waals surface area contributed by atoms with Crippen molar-refractivity contribution in [2.75, 3.05) is 7.11 Å². The smallest absolute Gasteiger partial charge is 0.328 e. The fraction of sp³-hybridized carbons (Fsp3) is 0.286. The molecule has 30 heavy (non-hydrogen) atoms. The molecule has 0 aliphatic rings. The van der Waals surface area contributed by atoms with Crippen LogP contribution in [0.15, 0.2) is 36.5 Å². The van der Waals surface area contributed by atoms with Gasteiger partial charge in [-0.2, -0.15) is 0 Å². The van der Waals surface area contributed by atoms with E-state index in [9.17, 15) is 29.7 Å². The minimum atomic E-state index is -1.12. The summed E-state index contributed by atoms with van der Waals surface area (Å²) in [4.78, 5) is 33.4. The van der Waals surface area contributed by atoms with Gasteiger partial charge in [0.2, 0.25) is 5.75 Å². The molecule has 0 aliphatic carbocycles. The van der Waals surface area contributed by atoms with Gasteiger partial charge in [0, 0.05) is 18.1 Å². The highest BCUT2D eigenvalue weighted by molar-refractivity contribution is 6.10. The van der Waals surface area contributed by atoms with Crippen LogP contribution in [0.4, 0.5) is 0 Å². The molecule has 0 amide bonds. The number of hydrogen-bond acceptors (Lipinski definition) is 7. The van der Waals surface area contributed by atoms with Gasteiger partial charge in [-0.3, -0.25) is 9.59 Å². The zero-order valence-electron chi connectivity index (χ0n) is 16.4. The Morgan fingerprint density at radius 1 is 0.833 bits per heavy atom. The number of carbonyl (C=O) groups is 3. The first-order valence-electron chi connectivity index (χ1n) is 9.04. The van der Waals surface area contributed by atoms with Gasteiger partial charge in [0.25, 0.3) is 0 Å². The van der Waals surface area contributed by atoms with E-state index >= 15 is 0 Å². The Bertz CT molecular complexity index is 879. The van der Waals surface area contributed by atoms with Crippen molar-refractivity contribution in [3.63, 3.8) is 0 Å². The Morgan fingerprint density at radius 3 is 2.03 bits per heavy atom. The first-order valence-corrected chi connectivity index (χ1v) is 9.04. The van der Waals surface area contributed by atoms with Crippen LogP contribution in [-0.4, -0.2) is 50.4 Å². The lowest BCUT2D eigenvalue weighted by Gasteiger charge is -2.16. The van der Waals surface area contributed by atoms with Crippen LogP contribution in [0.1, 0.15) is 41.6 Å². The highest BCUT2D eigenvalue weighted by Gasteiger charge is 2.27. The van der Waals surface area contributed by atoms with E-state index in [1.54, 1.807) is 0 Å². The molecule has 9 heteroatoms. The number of unbranched alkanes of at least 4 members (excludes halogenated alkanes) is 2. The Labute approximate surface area is 172 Å². The van der Waals surface area contributed by atoms with E-state index in [4.69, 9.17) is 14.9 Å². The monoisotopic (exact) mass is 420 g/mol. The van der Waals surface area contributed by atoms with Gasteiger partial charge in [0.05, 0.1) is 7.11 Å². The average molecular weight is 420 g/mol. The first kappa shape index (κ1) is 24.3. The number of carboxylic acid groups (broad SMARTS) is 2. The van der Waals surface area contributed by atoms with Crippen molar-refractivity contribution in [1.29, 1.82) is 0 Å². The molecule has 0 saturated carbocycles. The van der Waals surface area contributed by atoms with Crippen molar-refractivity contribution in [2.45, 2.75) is 32.1 Å². The maximum absolute atomic E-state index is 12.5. The van der Waals surface area contributed by atoms with Gasteiger partial charge in [-0.15, -0.1) is 0 Å². The summed E-state index contributed by atoms with van der Waals surface area (Å²) < 4.78 is 4.96. The zero-order valence-corrected chi connectivity index (χ0v) is 16.4. The molecule has 0 radical (unpaired) electrons. The Morgan fingerprint density at radius 2 is 1.47 bits per heavy atom. The number of benzene rings is 1. The standard InChI is InChI=1S/C21H24O9/c1-30-21-19(28)13(9-5-4-8-12-16(25)26)18(27)17(20(21)29)14(22)10-6-2-3-7-11-15(23)24/h2-3,6-7,10-11,27-29H,4-5,8-9,12H2,1H3,(H,23,24)(H,25,26)/b3-2+,10-6+,11-7-. The Balaban J connectivity index is 3.08. The van der Waals surface area contributed by atoms with E-state index in [2.05, 4.69) is 0 Å². The van der Waals surface area contributed by atoms with E-state index in [1.807, 2.05) is 0 Å². The van der Waals surface area contributed by atoms with Crippen LogP contribution in [0.5, 0.6) is 23.0 Å². The minimum Gasteiger partial charge on any atom is -0.507 e. The first-order chi connectivity index (χ1) is 14.2. The van der Waals surface area contributed by atoms with Crippen LogP contribution in [-0.2, 0) is 16.0 Å². The maximum Gasteiger partial charge on any atom is 0.328 e. The molecule has 0 heterocycles. The quantitative estimate of drug-likeness (QED) is 0.148. The van der Waals surface area contributed by atoms with Gasteiger partial charge in [-0.05, 0) is 25.3 Å². The lowest BCUT2D eigenvalue weighted by atomic mass is 9.97. The van der Waals surface area contributed by atoms with E-state index in [0.29, 0.717) is 19.3 Å². The summed E-state index contributed by atoms with van der Waals surface area (Å²) >= 11 is 0. The van der Waals surface area contributed by atoms with Crippen LogP contribution in [0.25, 0.3) is 0 Å². The van der Waals surface area contributed by atoms with Crippen LogP contribution < -0.4 is 4.74 Å². The third kappa shape index (κ3) is 7.01. The summed E-state index contributed by atoms with van der Waals surface area (Å²) in [7, 11) is 1.18. The number of hydrogen-bond donors (Lipinski definition) is 5. The molecule has 0 aliphatic heterocycles. The number of aromatic hydroxyl groups is 3. The van der Waals surface area contributed by atoms with Crippen molar-refractivity contribution < 1.29 is 44.7 Å². The van der Waals surface area contributed by atoms with Gasteiger partial charge in [-0.25, -0.2) is 4.79 Å². The molecule has 162 valence electrons. The second-order valence-corrected chi connectivity index (χ2v) is 6.19. The minimum absolute atomic E-state index is 0.000561. The predicted octanol–water partition coefficient (Wildman–Crippen LogP) is 2.94. The molecule has 1 rings (SSSR count). The number of carboxylic acids is 2. The Hall–Kier alpha value is -3.75. The van der Waals surface area contributed by atoms with Crippen LogP contribution in [0, 0.1) is 0 Å². The summed E-state index contributed by atoms with van der Waals surface area (Å²) in [6.07, 6.45) is 8.75. The predicted molar refractivity (Wildman–Crippen MR) is 107 cm³/mol.